The highest BCUT2D eigenvalue weighted by Crippen LogP contribution is 2.19. The third-order valence-corrected chi connectivity index (χ3v) is 3.21. The van der Waals surface area contributed by atoms with E-state index in [1.54, 1.807) is 0 Å². The molecule has 0 unspecified atom stereocenters. The number of nitrogens with zero attached hydrogens (tertiary/aromatic N) is 3. The summed E-state index contributed by atoms with van der Waals surface area (Å²) < 4.78 is 6.67. The van der Waals surface area contributed by atoms with E-state index < -0.39 is 10.8 Å². The summed E-state index contributed by atoms with van der Waals surface area (Å²) in [5.74, 6) is -0.505. The second-order valence-corrected chi connectivity index (χ2v) is 4.57. The molecule has 0 bridgehead atoms. The molecule has 19 heavy (non-hydrogen) atoms. The average Bonchev–Trinajstić information content (AvgIpc) is 2.96. The molecule has 2 rings (SSSR count). The van der Waals surface area contributed by atoms with Crippen LogP contribution in [0.2, 0.25) is 0 Å². The van der Waals surface area contributed by atoms with Crippen LogP contribution in [0.3, 0.4) is 0 Å². The Bertz CT molecular complexity index is 493. The smallest absolute Gasteiger partial charge is 0.320 e. The van der Waals surface area contributed by atoms with Gasteiger partial charge in [-0.05, 0) is 19.8 Å². The van der Waals surface area contributed by atoms with Gasteiger partial charge in [0.05, 0.1) is 17.1 Å². The van der Waals surface area contributed by atoms with E-state index >= 15 is 0 Å². The van der Waals surface area contributed by atoms with Crippen molar-refractivity contribution in [1.82, 2.24) is 15.1 Å². The van der Waals surface area contributed by atoms with E-state index in [0.717, 1.165) is 19.0 Å². The molecule has 1 saturated heterocycles. The lowest BCUT2D eigenvalue weighted by Gasteiger charge is -2.19. The first-order valence-corrected chi connectivity index (χ1v) is 6.09. The van der Waals surface area contributed by atoms with E-state index in [0.29, 0.717) is 6.61 Å². The van der Waals surface area contributed by atoms with Crippen LogP contribution in [-0.2, 0) is 11.8 Å². The van der Waals surface area contributed by atoms with Crippen molar-refractivity contribution in [2.24, 2.45) is 7.05 Å². The monoisotopic (exact) mass is 268 g/mol. The van der Waals surface area contributed by atoms with E-state index in [4.69, 9.17) is 4.74 Å². The molecule has 8 heteroatoms. The van der Waals surface area contributed by atoms with E-state index in [-0.39, 0.29) is 23.5 Å². The molecular formula is C11H16N4O4. The van der Waals surface area contributed by atoms with Crippen molar-refractivity contribution in [2.75, 3.05) is 6.61 Å². The van der Waals surface area contributed by atoms with Gasteiger partial charge in [0, 0.05) is 13.7 Å². The molecule has 0 aromatic carbocycles. The number of ether oxygens (including phenoxy) is 1. The highest BCUT2D eigenvalue weighted by atomic mass is 16.6. The molecule has 1 N–H and O–H groups in total. The number of carbonyl (C=O) groups is 1. The van der Waals surface area contributed by atoms with Gasteiger partial charge in [-0.2, -0.15) is 5.10 Å². The Morgan fingerprint density at radius 2 is 2.47 bits per heavy atom. The van der Waals surface area contributed by atoms with Gasteiger partial charge in [-0.15, -0.1) is 0 Å². The van der Waals surface area contributed by atoms with E-state index in [1.165, 1.54) is 11.7 Å². The quantitative estimate of drug-likeness (QED) is 0.637. The Morgan fingerprint density at radius 3 is 3.05 bits per heavy atom. The normalized spacial score (nSPS) is 20.2. The Kier molecular flexibility index (Phi) is 3.79. The molecule has 1 aromatic rings. The number of hydrogen-bond donors (Lipinski definition) is 1. The number of aryl methyl sites for hydroxylation is 1. The zero-order valence-corrected chi connectivity index (χ0v) is 10.8. The largest absolute Gasteiger partial charge is 0.376 e. The molecule has 1 aromatic heterocycles. The third kappa shape index (κ3) is 2.73. The van der Waals surface area contributed by atoms with Gasteiger partial charge in [0.2, 0.25) is 5.69 Å². The first-order valence-electron chi connectivity index (χ1n) is 6.09. The zero-order valence-electron chi connectivity index (χ0n) is 10.8. The summed E-state index contributed by atoms with van der Waals surface area (Å²) in [6, 6.07) is -0.190. The number of hydrogen-bond acceptors (Lipinski definition) is 5. The maximum absolute atomic E-state index is 12.1. The molecule has 2 heterocycles. The topological polar surface area (TPSA) is 99.3 Å². The molecule has 8 nitrogen and oxygen atoms in total. The first-order chi connectivity index (χ1) is 9.00. The summed E-state index contributed by atoms with van der Waals surface area (Å²) in [7, 11) is 1.50. The van der Waals surface area contributed by atoms with Crippen LogP contribution in [-0.4, -0.2) is 39.4 Å². The molecule has 0 saturated carbocycles. The van der Waals surface area contributed by atoms with Crippen molar-refractivity contribution in [3.05, 3.63) is 22.0 Å². The summed E-state index contributed by atoms with van der Waals surface area (Å²) in [4.78, 5) is 22.3. The van der Waals surface area contributed by atoms with Crippen LogP contribution in [0.5, 0.6) is 0 Å². The summed E-state index contributed by atoms with van der Waals surface area (Å²) in [5, 5.41) is 17.3. The SMILES string of the molecule is C[C@@H](NC(=O)c1c([N+](=O)[O-])cnn1C)[C@H]1CCCO1. The van der Waals surface area contributed by atoms with Crippen LogP contribution >= 0.6 is 0 Å². The number of nitrogens with one attached hydrogen (secondary N) is 1. The van der Waals surface area contributed by atoms with Gasteiger partial charge in [-0.3, -0.25) is 19.6 Å². The maximum Gasteiger partial charge on any atom is 0.320 e. The van der Waals surface area contributed by atoms with Crippen LogP contribution in [0.15, 0.2) is 6.20 Å². The molecule has 0 aliphatic carbocycles. The third-order valence-electron chi connectivity index (χ3n) is 3.21. The Morgan fingerprint density at radius 1 is 1.74 bits per heavy atom. The number of rotatable bonds is 4. The predicted octanol–water partition coefficient (Wildman–Crippen LogP) is 0.626. The molecule has 1 aliphatic heterocycles. The van der Waals surface area contributed by atoms with Gasteiger partial charge in [0.15, 0.2) is 0 Å². The number of carbonyl (C=O) groups excluding carboxylic acids is 1. The molecule has 1 fully saturated rings. The maximum atomic E-state index is 12.1. The predicted molar refractivity (Wildman–Crippen MR) is 65.8 cm³/mol. The Balaban J connectivity index is 2.11. The lowest BCUT2D eigenvalue weighted by Crippen LogP contribution is -2.41. The van der Waals surface area contributed by atoms with Crippen molar-refractivity contribution < 1.29 is 14.5 Å². The fourth-order valence-corrected chi connectivity index (χ4v) is 2.19. The summed E-state index contributed by atoms with van der Waals surface area (Å²) in [6.45, 7) is 2.52. The summed E-state index contributed by atoms with van der Waals surface area (Å²) >= 11 is 0. The minimum Gasteiger partial charge on any atom is -0.376 e. The fraction of sp³-hybridized carbons (Fsp3) is 0.636. The highest BCUT2D eigenvalue weighted by Gasteiger charge is 2.29. The molecule has 104 valence electrons. The van der Waals surface area contributed by atoms with Crippen molar-refractivity contribution in [2.45, 2.75) is 31.9 Å². The van der Waals surface area contributed by atoms with Gasteiger partial charge < -0.3 is 10.1 Å². The van der Waals surface area contributed by atoms with Gasteiger partial charge in [-0.25, -0.2) is 0 Å². The van der Waals surface area contributed by atoms with Crippen molar-refractivity contribution in [3.63, 3.8) is 0 Å². The average molecular weight is 268 g/mol. The molecule has 0 radical (unpaired) electrons. The molecule has 0 spiro atoms. The second-order valence-electron chi connectivity index (χ2n) is 4.57. The second kappa shape index (κ2) is 5.35. The number of aromatic nitrogens is 2. The highest BCUT2D eigenvalue weighted by molar-refractivity contribution is 5.96. The fourth-order valence-electron chi connectivity index (χ4n) is 2.19. The Labute approximate surface area is 109 Å². The molecule has 1 aliphatic rings. The van der Waals surface area contributed by atoms with Gasteiger partial charge in [-0.1, -0.05) is 0 Å². The standard InChI is InChI=1S/C11H16N4O4/c1-7(9-4-3-5-19-9)13-11(16)10-8(15(17)18)6-12-14(10)2/h6-7,9H,3-5H2,1-2H3,(H,13,16)/t7-,9-/m1/s1. The van der Waals surface area contributed by atoms with Crippen LogP contribution < -0.4 is 5.32 Å². The zero-order chi connectivity index (χ0) is 14.0. The van der Waals surface area contributed by atoms with Gasteiger partial charge in [0.25, 0.3) is 5.91 Å². The van der Waals surface area contributed by atoms with Crippen LogP contribution in [0.1, 0.15) is 30.3 Å². The minimum atomic E-state index is -0.612. The summed E-state index contributed by atoms with van der Waals surface area (Å²) in [6.07, 6.45) is 2.90. The van der Waals surface area contributed by atoms with Crippen molar-refractivity contribution in [3.8, 4) is 0 Å². The van der Waals surface area contributed by atoms with E-state index in [9.17, 15) is 14.9 Å². The molecule has 2 atom stereocenters. The molecular weight excluding hydrogens is 252 g/mol. The summed E-state index contributed by atoms with van der Waals surface area (Å²) in [5.41, 5.74) is -0.339. The Hall–Kier alpha value is -1.96. The number of amides is 1. The van der Waals surface area contributed by atoms with Crippen molar-refractivity contribution in [1.29, 1.82) is 0 Å². The van der Waals surface area contributed by atoms with Gasteiger partial charge in [0.1, 0.15) is 6.20 Å². The van der Waals surface area contributed by atoms with Crippen molar-refractivity contribution >= 4 is 11.6 Å². The first kappa shape index (κ1) is 13.5. The van der Waals surface area contributed by atoms with E-state index in [1.807, 2.05) is 6.92 Å². The van der Waals surface area contributed by atoms with Crippen LogP contribution in [0, 0.1) is 10.1 Å². The van der Waals surface area contributed by atoms with Crippen LogP contribution in [0.25, 0.3) is 0 Å². The minimum absolute atomic E-state index is 0.0313. The van der Waals surface area contributed by atoms with E-state index in [2.05, 4.69) is 10.4 Å². The molecule has 1 amide bonds. The van der Waals surface area contributed by atoms with Crippen LogP contribution in [0.4, 0.5) is 5.69 Å². The lowest BCUT2D eigenvalue weighted by molar-refractivity contribution is -0.385. The lowest BCUT2D eigenvalue weighted by atomic mass is 10.1. The number of nitro groups is 1. The van der Waals surface area contributed by atoms with Gasteiger partial charge >= 0.3 is 5.69 Å².